The molecule has 0 aliphatic rings. The van der Waals surface area contributed by atoms with Crippen LogP contribution in [-0.4, -0.2) is 19.3 Å². The highest BCUT2D eigenvalue weighted by Crippen LogP contribution is 2.23. The zero-order chi connectivity index (χ0) is 13.6. The molecule has 2 heterocycles. The molecule has 3 aromatic rings. The van der Waals surface area contributed by atoms with Crippen molar-refractivity contribution in [3.8, 4) is 0 Å². The Kier molecular flexibility index (Phi) is 2.55. The average molecular weight is 255 g/mol. The first-order valence-corrected chi connectivity index (χ1v) is 6.31. The summed E-state index contributed by atoms with van der Waals surface area (Å²) in [6, 6.07) is 9.98. The maximum atomic E-state index is 5.99. The number of imidazole rings is 1. The number of para-hydroxylation sites is 2. The molecule has 3 rings (SSSR count). The summed E-state index contributed by atoms with van der Waals surface area (Å²) in [4.78, 5) is 4.69. The summed E-state index contributed by atoms with van der Waals surface area (Å²) in [6.45, 7) is 4.00. The van der Waals surface area contributed by atoms with Crippen LogP contribution < -0.4 is 5.73 Å². The molecule has 2 N–H and O–H groups in total. The van der Waals surface area contributed by atoms with E-state index in [-0.39, 0.29) is 6.04 Å². The molecule has 0 aliphatic heterocycles. The molecule has 1 atom stereocenters. The smallest absolute Gasteiger partial charge is 0.134 e. The first kappa shape index (κ1) is 11.8. The third-order valence-corrected chi connectivity index (χ3v) is 3.45. The van der Waals surface area contributed by atoms with Crippen LogP contribution in [0.2, 0.25) is 0 Å². The molecule has 1 unspecified atom stereocenters. The second-order valence-electron chi connectivity index (χ2n) is 4.85. The Morgan fingerprint density at radius 3 is 2.63 bits per heavy atom. The van der Waals surface area contributed by atoms with E-state index >= 15 is 0 Å². The minimum Gasteiger partial charge on any atom is -0.384 e. The standard InChI is InChI=1S/C14H17N5/c1-9-8-13(15)19(17-9)10(2)14-16-11-6-4-5-7-12(11)18(14)3/h4-8,10H,15H2,1-3H3. The molecule has 19 heavy (non-hydrogen) atoms. The number of nitrogens with zero attached hydrogens (tertiary/aromatic N) is 4. The second-order valence-corrected chi connectivity index (χ2v) is 4.85. The molecule has 0 radical (unpaired) electrons. The van der Waals surface area contributed by atoms with Crippen LogP contribution in [-0.2, 0) is 7.05 Å². The largest absolute Gasteiger partial charge is 0.384 e. The highest BCUT2D eigenvalue weighted by molar-refractivity contribution is 5.75. The zero-order valence-corrected chi connectivity index (χ0v) is 11.3. The maximum absolute atomic E-state index is 5.99. The second kappa shape index (κ2) is 4.12. The van der Waals surface area contributed by atoms with Crippen LogP contribution in [0.1, 0.15) is 24.5 Å². The first-order chi connectivity index (χ1) is 9.08. The van der Waals surface area contributed by atoms with E-state index in [0.717, 1.165) is 22.6 Å². The highest BCUT2D eigenvalue weighted by Gasteiger charge is 2.18. The molecule has 0 aliphatic carbocycles. The predicted molar refractivity (Wildman–Crippen MR) is 75.9 cm³/mol. The molecular formula is C14H17N5. The molecule has 0 bridgehead atoms. The van der Waals surface area contributed by atoms with Crippen LogP contribution in [0.25, 0.3) is 11.0 Å². The number of aryl methyl sites for hydroxylation is 2. The number of aromatic nitrogens is 4. The number of rotatable bonds is 2. The van der Waals surface area contributed by atoms with Crippen LogP contribution in [0.3, 0.4) is 0 Å². The van der Waals surface area contributed by atoms with E-state index in [1.54, 1.807) is 0 Å². The molecule has 0 fully saturated rings. The van der Waals surface area contributed by atoms with Gasteiger partial charge in [-0.2, -0.15) is 5.10 Å². The Balaban J connectivity index is 2.14. The molecule has 1 aromatic carbocycles. The number of benzene rings is 1. The van der Waals surface area contributed by atoms with Gasteiger partial charge in [0.2, 0.25) is 0 Å². The van der Waals surface area contributed by atoms with Crippen LogP contribution in [0.15, 0.2) is 30.3 Å². The average Bonchev–Trinajstić information content (AvgIpc) is 2.90. The first-order valence-electron chi connectivity index (χ1n) is 6.31. The van der Waals surface area contributed by atoms with Gasteiger partial charge >= 0.3 is 0 Å². The quantitative estimate of drug-likeness (QED) is 0.764. The Morgan fingerprint density at radius 2 is 2.00 bits per heavy atom. The van der Waals surface area contributed by atoms with Crippen molar-refractivity contribution in [3.05, 3.63) is 41.9 Å². The van der Waals surface area contributed by atoms with E-state index in [0.29, 0.717) is 5.82 Å². The van der Waals surface area contributed by atoms with Crippen LogP contribution in [0, 0.1) is 6.92 Å². The summed E-state index contributed by atoms with van der Waals surface area (Å²) in [6.07, 6.45) is 0. The zero-order valence-electron chi connectivity index (χ0n) is 11.3. The lowest BCUT2D eigenvalue weighted by Gasteiger charge is -2.13. The van der Waals surface area contributed by atoms with E-state index in [4.69, 9.17) is 5.73 Å². The minimum atomic E-state index is 0.00565. The van der Waals surface area contributed by atoms with Gasteiger partial charge in [0.1, 0.15) is 17.7 Å². The summed E-state index contributed by atoms with van der Waals surface area (Å²) in [5.74, 6) is 1.62. The fourth-order valence-corrected chi connectivity index (χ4v) is 2.49. The molecule has 2 aromatic heterocycles. The third kappa shape index (κ3) is 1.78. The van der Waals surface area contributed by atoms with E-state index < -0.39 is 0 Å². The van der Waals surface area contributed by atoms with E-state index in [9.17, 15) is 0 Å². The van der Waals surface area contributed by atoms with Crippen molar-refractivity contribution in [2.75, 3.05) is 5.73 Å². The number of hydrogen-bond acceptors (Lipinski definition) is 3. The van der Waals surface area contributed by atoms with Gasteiger partial charge in [-0.1, -0.05) is 12.1 Å². The number of fused-ring (bicyclic) bond motifs is 1. The normalized spacial score (nSPS) is 13.0. The molecule has 0 saturated carbocycles. The Hall–Kier alpha value is -2.30. The Morgan fingerprint density at radius 1 is 1.26 bits per heavy atom. The SMILES string of the molecule is Cc1cc(N)n(C(C)c2nc3ccccc3n2C)n1. The fourth-order valence-electron chi connectivity index (χ4n) is 2.49. The number of anilines is 1. The van der Waals surface area contributed by atoms with Gasteiger partial charge in [0, 0.05) is 13.1 Å². The predicted octanol–water partition coefficient (Wildman–Crippen LogP) is 2.27. The van der Waals surface area contributed by atoms with E-state index in [1.807, 2.05) is 42.9 Å². The van der Waals surface area contributed by atoms with Gasteiger partial charge in [-0.05, 0) is 26.0 Å². The van der Waals surface area contributed by atoms with Crippen molar-refractivity contribution in [2.24, 2.45) is 7.05 Å². The molecule has 0 saturated heterocycles. The number of nitrogens with two attached hydrogens (primary N) is 1. The van der Waals surface area contributed by atoms with Gasteiger partial charge in [0.25, 0.3) is 0 Å². The van der Waals surface area contributed by atoms with Crippen molar-refractivity contribution in [1.82, 2.24) is 19.3 Å². The molecule has 0 amide bonds. The van der Waals surface area contributed by atoms with Gasteiger partial charge in [-0.3, -0.25) is 0 Å². The van der Waals surface area contributed by atoms with Crippen LogP contribution >= 0.6 is 0 Å². The van der Waals surface area contributed by atoms with Crippen molar-refractivity contribution in [1.29, 1.82) is 0 Å². The summed E-state index contributed by atoms with van der Waals surface area (Å²) in [7, 11) is 2.02. The van der Waals surface area contributed by atoms with Crippen molar-refractivity contribution < 1.29 is 0 Å². The van der Waals surface area contributed by atoms with Gasteiger partial charge < -0.3 is 10.3 Å². The van der Waals surface area contributed by atoms with Gasteiger partial charge in [0.15, 0.2) is 0 Å². The van der Waals surface area contributed by atoms with Crippen molar-refractivity contribution in [2.45, 2.75) is 19.9 Å². The van der Waals surface area contributed by atoms with Crippen LogP contribution in [0.4, 0.5) is 5.82 Å². The maximum Gasteiger partial charge on any atom is 0.134 e. The fraction of sp³-hybridized carbons (Fsp3) is 0.286. The highest BCUT2D eigenvalue weighted by atomic mass is 15.3. The summed E-state index contributed by atoms with van der Waals surface area (Å²) >= 11 is 0. The topological polar surface area (TPSA) is 61.7 Å². The lowest BCUT2D eigenvalue weighted by molar-refractivity contribution is 0.527. The van der Waals surface area contributed by atoms with Crippen molar-refractivity contribution in [3.63, 3.8) is 0 Å². The third-order valence-electron chi connectivity index (χ3n) is 3.45. The molecular weight excluding hydrogens is 238 g/mol. The van der Waals surface area contributed by atoms with E-state index in [2.05, 4.69) is 27.6 Å². The lowest BCUT2D eigenvalue weighted by atomic mass is 10.3. The Labute approximate surface area is 111 Å². The minimum absolute atomic E-state index is 0.00565. The lowest BCUT2D eigenvalue weighted by Crippen LogP contribution is -2.15. The number of nitrogen functional groups attached to an aromatic ring is 1. The summed E-state index contributed by atoms with van der Waals surface area (Å²) < 4.78 is 3.91. The van der Waals surface area contributed by atoms with Crippen LogP contribution in [0.5, 0.6) is 0 Å². The van der Waals surface area contributed by atoms with Gasteiger partial charge in [0.05, 0.1) is 16.7 Å². The molecule has 98 valence electrons. The van der Waals surface area contributed by atoms with Crippen molar-refractivity contribution >= 4 is 16.9 Å². The summed E-state index contributed by atoms with van der Waals surface area (Å²) in [5, 5.41) is 4.44. The van der Waals surface area contributed by atoms with E-state index in [1.165, 1.54) is 0 Å². The van der Waals surface area contributed by atoms with Gasteiger partial charge in [-0.25, -0.2) is 9.67 Å². The number of hydrogen-bond donors (Lipinski definition) is 1. The monoisotopic (exact) mass is 255 g/mol. The van der Waals surface area contributed by atoms with Gasteiger partial charge in [-0.15, -0.1) is 0 Å². The molecule has 0 spiro atoms. The summed E-state index contributed by atoms with van der Waals surface area (Å²) in [5.41, 5.74) is 9.02. The molecule has 5 heteroatoms. The Bertz CT molecular complexity index is 737. The molecule has 5 nitrogen and oxygen atoms in total.